The van der Waals surface area contributed by atoms with Crippen LogP contribution in [0.2, 0.25) is 0 Å². The lowest BCUT2D eigenvalue weighted by Crippen LogP contribution is -3.14. The lowest BCUT2D eigenvalue weighted by Gasteiger charge is -2.17. The Kier molecular flexibility index (Phi) is 7.92. The van der Waals surface area contributed by atoms with Crippen LogP contribution in [0.5, 0.6) is 0 Å². The van der Waals surface area contributed by atoms with Gasteiger partial charge in [-0.2, -0.15) is 0 Å². The molecule has 4 amide bonds. The number of nitrogens with one attached hydrogen (secondary N) is 5. The number of furan rings is 1. The van der Waals surface area contributed by atoms with Crippen LogP contribution in [0, 0.1) is 0 Å². The topological polar surface area (TPSA) is 134 Å². The minimum atomic E-state index is -0.568. The van der Waals surface area contributed by atoms with E-state index in [9.17, 15) is 19.2 Å². The Morgan fingerprint density at radius 1 is 0.897 bits per heavy atom. The first-order valence-corrected chi connectivity index (χ1v) is 9.01. The lowest BCUT2D eigenvalue weighted by molar-refractivity contribution is -0.881. The second-order valence-corrected chi connectivity index (χ2v) is 6.24. The van der Waals surface area contributed by atoms with E-state index >= 15 is 0 Å². The number of carbonyl (C=O) groups is 4. The van der Waals surface area contributed by atoms with Gasteiger partial charge >= 0.3 is 5.91 Å². The quantitative estimate of drug-likeness (QED) is 0.381. The molecule has 1 unspecified atom stereocenters. The highest BCUT2D eigenvalue weighted by atomic mass is 16.3. The maximum atomic E-state index is 12.2. The molecule has 0 aliphatic rings. The van der Waals surface area contributed by atoms with Crippen LogP contribution in [0.4, 0.5) is 11.4 Å². The largest absolute Gasteiger partial charge is 0.459 e. The molecule has 10 nitrogen and oxygen atoms in total. The zero-order chi connectivity index (χ0) is 21.2. The van der Waals surface area contributed by atoms with E-state index in [0.29, 0.717) is 22.8 Å². The summed E-state index contributed by atoms with van der Waals surface area (Å²) in [5.74, 6) is -1.37. The average molecular weight is 402 g/mol. The summed E-state index contributed by atoms with van der Waals surface area (Å²) in [4.78, 5) is 47.7. The van der Waals surface area contributed by atoms with Crippen LogP contribution in [0.1, 0.15) is 24.4 Å². The van der Waals surface area contributed by atoms with Crippen molar-refractivity contribution in [3.05, 3.63) is 48.4 Å². The highest BCUT2D eigenvalue weighted by Gasteiger charge is 2.18. The van der Waals surface area contributed by atoms with E-state index in [-0.39, 0.29) is 30.7 Å². The molecule has 10 heteroatoms. The smallest absolute Gasteiger partial charge is 0.305 e. The van der Waals surface area contributed by atoms with E-state index < -0.39 is 11.8 Å². The van der Waals surface area contributed by atoms with Gasteiger partial charge in [-0.3, -0.25) is 30.0 Å². The van der Waals surface area contributed by atoms with E-state index in [0.717, 1.165) is 0 Å². The van der Waals surface area contributed by atoms with Crippen LogP contribution in [0.25, 0.3) is 0 Å². The minimum Gasteiger partial charge on any atom is -0.459 e. The fourth-order valence-electron chi connectivity index (χ4n) is 2.45. The van der Waals surface area contributed by atoms with Gasteiger partial charge in [0.15, 0.2) is 18.8 Å². The maximum Gasteiger partial charge on any atom is 0.305 e. The molecule has 0 fully saturated rings. The van der Waals surface area contributed by atoms with Gasteiger partial charge in [0.2, 0.25) is 5.91 Å². The van der Waals surface area contributed by atoms with Crippen molar-refractivity contribution < 1.29 is 28.5 Å². The van der Waals surface area contributed by atoms with Crippen molar-refractivity contribution in [1.82, 2.24) is 10.9 Å². The fraction of sp³-hybridized carbons (Fsp3) is 0.263. The average Bonchev–Trinajstić information content (AvgIpc) is 3.21. The van der Waals surface area contributed by atoms with Crippen LogP contribution in [-0.4, -0.2) is 43.3 Å². The summed E-state index contributed by atoms with van der Waals surface area (Å²) in [6, 6.07) is 9.73. The molecule has 0 aliphatic carbocycles. The SMILES string of the molecule is CC[NH+](CC(=O)NNC(=O)c1ccco1)CC(=O)Nc1ccc(NC(C)=O)cc1. The third kappa shape index (κ3) is 7.46. The monoisotopic (exact) mass is 402 g/mol. The number of quaternary nitrogens is 1. The summed E-state index contributed by atoms with van der Waals surface area (Å²) in [5.41, 5.74) is 5.75. The number of hydrogen-bond donors (Lipinski definition) is 5. The Hall–Kier alpha value is -3.66. The number of benzene rings is 1. The Bertz CT molecular complexity index is 848. The van der Waals surface area contributed by atoms with Gasteiger partial charge in [0.25, 0.3) is 11.8 Å². The molecule has 29 heavy (non-hydrogen) atoms. The summed E-state index contributed by atoms with van der Waals surface area (Å²) in [6.45, 7) is 3.87. The molecule has 1 aromatic carbocycles. The Balaban J connectivity index is 1.77. The van der Waals surface area contributed by atoms with Gasteiger partial charge in [0, 0.05) is 18.3 Å². The van der Waals surface area contributed by atoms with Gasteiger partial charge in [-0.05, 0) is 43.3 Å². The van der Waals surface area contributed by atoms with Crippen molar-refractivity contribution in [1.29, 1.82) is 0 Å². The molecule has 1 aromatic heterocycles. The molecule has 0 radical (unpaired) electrons. The van der Waals surface area contributed by atoms with E-state index in [1.165, 1.54) is 19.3 Å². The molecule has 2 rings (SSSR count). The van der Waals surface area contributed by atoms with E-state index in [4.69, 9.17) is 4.42 Å². The second-order valence-electron chi connectivity index (χ2n) is 6.24. The predicted octanol–water partition coefficient (Wildman–Crippen LogP) is -0.457. The summed E-state index contributed by atoms with van der Waals surface area (Å²) in [6.07, 6.45) is 1.35. The number of carbonyl (C=O) groups excluding carboxylic acids is 4. The summed E-state index contributed by atoms with van der Waals surface area (Å²) < 4.78 is 4.92. The van der Waals surface area contributed by atoms with E-state index in [1.54, 1.807) is 30.3 Å². The standard InChI is InChI=1S/C19H23N5O5/c1-3-24(12-18(27)22-23-19(28)16-5-4-10-29-16)11-17(26)21-15-8-6-14(7-9-15)20-13(2)25/h4-10H,3,11-12H2,1-2H3,(H,20,25)(H,21,26)(H,22,27)(H,23,28)/p+1. The van der Waals surface area contributed by atoms with Crippen LogP contribution in [-0.2, 0) is 14.4 Å². The maximum absolute atomic E-state index is 12.2. The van der Waals surface area contributed by atoms with Gasteiger partial charge < -0.3 is 20.0 Å². The zero-order valence-corrected chi connectivity index (χ0v) is 16.2. The van der Waals surface area contributed by atoms with Crippen LogP contribution in [0.3, 0.4) is 0 Å². The first-order valence-electron chi connectivity index (χ1n) is 9.01. The van der Waals surface area contributed by atoms with Crippen LogP contribution < -0.4 is 26.4 Å². The molecule has 0 saturated carbocycles. The lowest BCUT2D eigenvalue weighted by atomic mass is 10.2. The molecule has 0 aliphatic heterocycles. The molecule has 5 N–H and O–H groups in total. The Labute approximate surface area is 167 Å². The second kappa shape index (κ2) is 10.6. The first-order chi connectivity index (χ1) is 13.9. The molecule has 0 saturated heterocycles. The molecule has 0 bridgehead atoms. The highest BCUT2D eigenvalue weighted by Crippen LogP contribution is 2.13. The number of hydrogen-bond acceptors (Lipinski definition) is 5. The van der Waals surface area contributed by atoms with Crippen molar-refractivity contribution in [2.45, 2.75) is 13.8 Å². The van der Waals surface area contributed by atoms with Crippen molar-refractivity contribution in [3.63, 3.8) is 0 Å². The third-order valence-corrected chi connectivity index (χ3v) is 3.87. The van der Waals surface area contributed by atoms with Crippen LogP contribution >= 0.6 is 0 Å². The van der Waals surface area contributed by atoms with Gasteiger partial charge in [-0.25, -0.2) is 0 Å². The number of hydrazine groups is 1. The predicted molar refractivity (Wildman–Crippen MR) is 105 cm³/mol. The summed E-state index contributed by atoms with van der Waals surface area (Å²) >= 11 is 0. The highest BCUT2D eigenvalue weighted by molar-refractivity contribution is 5.94. The number of rotatable bonds is 8. The van der Waals surface area contributed by atoms with Crippen LogP contribution in [0.15, 0.2) is 47.1 Å². The normalized spacial score (nSPS) is 11.2. The summed E-state index contributed by atoms with van der Waals surface area (Å²) in [5, 5.41) is 5.38. The van der Waals surface area contributed by atoms with Crippen molar-refractivity contribution >= 4 is 35.0 Å². The van der Waals surface area contributed by atoms with Gasteiger partial charge in [0.05, 0.1) is 12.8 Å². The molecular weight excluding hydrogens is 378 g/mol. The van der Waals surface area contributed by atoms with Gasteiger partial charge in [-0.15, -0.1) is 0 Å². The Morgan fingerprint density at radius 3 is 2.07 bits per heavy atom. The molecule has 2 aromatic rings. The van der Waals surface area contributed by atoms with E-state index in [1.807, 2.05) is 6.92 Å². The number of amides is 4. The van der Waals surface area contributed by atoms with Gasteiger partial charge in [-0.1, -0.05) is 0 Å². The van der Waals surface area contributed by atoms with Crippen molar-refractivity contribution in [3.8, 4) is 0 Å². The Morgan fingerprint density at radius 2 is 1.52 bits per heavy atom. The third-order valence-electron chi connectivity index (χ3n) is 3.87. The zero-order valence-electron chi connectivity index (χ0n) is 16.2. The number of likely N-dealkylation sites (N-methyl/N-ethyl adjacent to an activating group) is 1. The minimum absolute atomic E-state index is 0.00379. The van der Waals surface area contributed by atoms with Crippen molar-refractivity contribution in [2.24, 2.45) is 0 Å². The van der Waals surface area contributed by atoms with Gasteiger partial charge in [0.1, 0.15) is 0 Å². The van der Waals surface area contributed by atoms with E-state index in [2.05, 4.69) is 21.5 Å². The first kappa shape index (κ1) is 21.6. The molecular formula is C19H24N5O5+. The molecule has 0 spiro atoms. The molecule has 1 heterocycles. The summed E-state index contributed by atoms with van der Waals surface area (Å²) in [7, 11) is 0. The fourth-order valence-corrected chi connectivity index (χ4v) is 2.45. The van der Waals surface area contributed by atoms with Crippen molar-refractivity contribution in [2.75, 3.05) is 30.3 Å². The molecule has 154 valence electrons. The molecule has 1 atom stereocenters. The number of anilines is 2.